The highest BCUT2D eigenvalue weighted by Gasteiger charge is 2.15. The van der Waals surface area contributed by atoms with Gasteiger partial charge in [0.15, 0.2) is 18.1 Å². The van der Waals surface area contributed by atoms with Crippen molar-refractivity contribution < 1.29 is 33.5 Å². The predicted octanol–water partition coefficient (Wildman–Crippen LogP) is 2.98. The van der Waals surface area contributed by atoms with Crippen molar-refractivity contribution in [2.24, 2.45) is 0 Å². The Bertz CT molecular complexity index is 1090. The molecule has 0 atom stereocenters. The minimum atomic E-state index is -0.782. The van der Waals surface area contributed by atoms with E-state index in [4.69, 9.17) is 19.5 Å². The highest BCUT2D eigenvalue weighted by Crippen LogP contribution is 2.29. The Labute approximate surface area is 177 Å². The van der Waals surface area contributed by atoms with Crippen LogP contribution in [0.25, 0.3) is 6.08 Å². The van der Waals surface area contributed by atoms with Crippen LogP contribution in [0.3, 0.4) is 0 Å². The topological polar surface area (TPSA) is 138 Å². The van der Waals surface area contributed by atoms with Crippen LogP contribution < -0.4 is 14.2 Å². The lowest BCUT2D eigenvalue weighted by Gasteiger charge is -2.11. The average molecular weight is 426 g/mol. The normalized spacial score (nSPS) is 10.6. The molecule has 0 aliphatic heterocycles. The Morgan fingerprint density at radius 1 is 1.13 bits per heavy atom. The monoisotopic (exact) mass is 426 g/mol. The molecule has 2 rings (SSSR count). The molecule has 0 saturated heterocycles. The largest absolute Gasteiger partial charge is 0.493 e. The molecule has 0 fully saturated rings. The Morgan fingerprint density at radius 2 is 1.84 bits per heavy atom. The molecule has 31 heavy (non-hydrogen) atoms. The molecule has 0 aromatic heterocycles. The lowest BCUT2D eigenvalue weighted by atomic mass is 10.1. The molecule has 0 unspecified atom stereocenters. The molecule has 10 heteroatoms. The number of nitriles is 1. The van der Waals surface area contributed by atoms with Crippen LogP contribution in [0.1, 0.15) is 11.1 Å². The molecule has 2 aromatic rings. The van der Waals surface area contributed by atoms with Crippen molar-refractivity contribution in [3.63, 3.8) is 0 Å². The van der Waals surface area contributed by atoms with E-state index >= 15 is 0 Å². The first-order valence-corrected chi connectivity index (χ1v) is 8.75. The average Bonchev–Trinajstić information content (AvgIpc) is 2.76. The van der Waals surface area contributed by atoms with Gasteiger partial charge in [-0.05, 0) is 42.3 Å². The summed E-state index contributed by atoms with van der Waals surface area (Å²) >= 11 is 0. The number of nitro groups is 1. The van der Waals surface area contributed by atoms with E-state index in [0.29, 0.717) is 16.9 Å². The van der Waals surface area contributed by atoms with Crippen LogP contribution >= 0.6 is 0 Å². The van der Waals surface area contributed by atoms with Crippen molar-refractivity contribution in [2.75, 3.05) is 20.8 Å². The van der Waals surface area contributed by atoms with Crippen LogP contribution in [-0.4, -0.2) is 37.7 Å². The standard InChI is InChI=1S/C21H18N2O8/c1-13-8-16(23(26)27)5-7-17(13)30-12-20(24)31-18-6-4-14(10-19(18)28-2)9-15(11-22)21(25)29-3/h4-10H,12H2,1-3H3/b15-9+. The number of ether oxygens (including phenoxy) is 4. The number of non-ortho nitro benzene ring substituents is 1. The van der Waals surface area contributed by atoms with Gasteiger partial charge in [0.25, 0.3) is 5.69 Å². The van der Waals surface area contributed by atoms with Gasteiger partial charge in [-0.2, -0.15) is 5.26 Å². The smallest absolute Gasteiger partial charge is 0.349 e. The maximum Gasteiger partial charge on any atom is 0.349 e. The van der Waals surface area contributed by atoms with Crippen molar-refractivity contribution in [1.82, 2.24) is 0 Å². The molecule has 0 saturated carbocycles. The SMILES string of the molecule is COC(=O)/C(C#N)=C/c1ccc(OC(=O)COc2ccc([N+](=O)[O-])cc2C)c(OC)c1. The Morgan fingerprint density at radius 3 is 2.42 bits per heavy atom. The first-order valence-electron chi connectivity index (χ1n) is 8.75. The summed E-state index contributed by atoms with van der Waals surface area (Å²) in [7, 11) is 2.53. The molecule has 0 bridgehead atoms. The molecule has 0 spiro atoms. The number of hydrogen-bond acceptors (Lipinski definition) is 9. The molecule has 0 aliphatic carbocycles. The van der Waals surface area contributed by atoms with Crippen molar-refractivity contribution in [1.29, 1.82) is 5.26 Å². The number of methoxy groups -OCH3 is 2. The summed E-state index contributed by atoms with van der Waals surface area (Å²) in [6, 6.07) is 10.2. The van der Waals surface area contributed by atoms with Crippen LogP contribution in [0.15, 0.2) is 42.0 Å². The van der Waals surface area contributed by atoms with Crippen LogP contribution in [0, 0.1) is 28.4 Å². The summed E-state index contributed by atoms with van der Waals surface area (Å²) in [4.78, 5) is 33.9. The van der Waals surface area contributed by atoms with E-state index in [0.717, 1.165) is 7.11 Å². The fourth-order valence-electron chi connectivity index (χ4n) is 2.47. The zero-order valence-electron chi connectivity index (χ0n) is 16.9. The number of nitrogens with zero attached hydrogens (tertiary/aromatic N) is 2. The molecule has 0 aliphatic rings. The number of rotatable bonds is 8. The number of carbonyl (C=O) groups excluding carboxylic acids is 2. The van der Waals surface area contributed by atoms with Gasteiger partial charge in [0.05, 0.1) is 19.1 Å². The third kappa shape index (κ3) is 6.04. The summed E-state index contributed by atoms with van der Waals surface area (Å²) < 4.78 is 20.3. The molecule has 10 nitrogen and oxygen atoms in total. The summed E-state index contributed by atoms with van der Waals surface area (Å²) in [6.45, 7) is 1.18. The quantitative estimate of drug-likeness (QED) is 0.156. The molecule has 0 radical (unpaired) electrons. The van der Waals surface area contributed by atoms with Gasteiger partial charge in [0, 0.05) is 12.1 Å². The van der Waals surface area contributed by atoms with Gasteiger partial charge in [-0.15, -0.1) is 0 Å². The number of esters is 2. The maximum absolute atomic E-state index is 12.2. The number of hydrogen-bond donors (Lipinski definition) is 0. The van der Waals surface area contributed by atoms with Gasteiger partial charge in [-0.25, -0.2) is 9.59 Å². The first-order chi connectivity index (χ1) is 14.8. The molecule has 0 heterocycles. The van der Waals surface area contributed by atoms with E-state index in [2.05, 4.69) is 4.74 Å². The van der Waals surface area contributed by atoms with E-state index in [1.807, 2.05) is 0 Å². The first kappa shape index (κ1) is 22.9. The Hall–Kier alpha value is -4.39. The van der Waals surface area contributed by atoms with E-state index < -0.39 is 23.5 Å². The summed E-state index contributed by atoms with van der Waals surface area (Å²) in [5.74, 6) is -0.912. The summed E-state index contributed by atoms with van der Waals surface area (Å²) in [5.41, 5.74) is 0.658. The summed E-state index contributed by atoms with van der Waals surface area (Å²) in [5, 5.41) is 19.8. The van der Waals surface area contributed by atoms with Crippen LogP contribution in [-0.2, 0) is 14.3 Å². The zero-order chi connectivity index (χ0) is 23.0. The lowest BCUT2D eigenvalue weighted by molar-refractivity contribution is -0.384. The molecule has 160 valence electrons. The molecular weight excluding hydrogens is 408 g/mol. The van der Waals surface area contributed by atoms with Gasteiger partial charge < -0.3 is 18.9 Å². The second kappa shape index (κ2) is 10.4. The highest BCUT2D eigenvalue weighted by molar-refractivity contribution is 5.97. The molecular formula is C21H18N2O8. The van der Waals surface area contributed by atoms with Gasteiger partial charge in [0.2, 0.25) is 0 Å². The van der Waals surface area contributed by atoms with Gasteiger partial charge in [-0.1, -0.05) is 6.07 Å². The van der Waals surface area contributed by atoms with Crippen LogP contribution in [0.5, 0.6) is 17.2 Å². The number of nitro benzene ring substituents is 1. The predicted molar refractivity (Wildman–Crippen MR) is 108 cm³/mol. The number of benzene rings is 2. The Balaban J connectivity index is 2.09. The second-order valence-electron chi connectivity index (χ2n) is 6.04. The highest BCUT2D eigenvalue weighted by atomic mass is 16.6. The van der Waals surface area contributed by atoms with Crippen LogP contribution in [0.2, 0.25) is 0 Å². The van der Waals surface area contributed by atoms with Crippen molar-refractivity contribution >= 4 is 23.7 Å². The van der Waals surface area contributed by atoms with E-state index in [9.17, 15) is 19.7 Å². The van der Waals surface area contributed by atoms with Crippen molar-refractivity contribution in [3.05, 3.63) is 63.2 Å². The summed E-state index contributed by atoms with van der Waals surface area (Å²) in [6.07, 6.45) is 1.31. The van der Waals surface area contributed by atoms with E-state index in [1.165, 1.54) is 49.6 Å². The second-order valence-corrected chi connectivity index (χ2v) is 6.04. The van der Waals surface area contributed by atoms with Gasteiger partial charge in [-0.3, -0.25) is 10.1 Å². The van der Waals surface area contributed by atoms with Crippen molar-refractivity contribution in [2.45, 2.75) is 6.92 Å². The van der Waals surface area contributed by atoms with Crippen LogP contribution in [0.4, 0.5) is 5.69 Å². The maximum atomic E-state index is 12.2. The Kier molecular flexibility index (Phi) is 7.68. The van der Waals surface area contributed by atoms with Crippen molar-refractivity contribution in [3.8, 4) is 23.3 Å². The zero-order valence-corrected chi connectivity index (χ0v) is 16.9. The van der Waals surface area contributed by atoms with Gasteiger partial charge >= 0.3 is 11.9 Å². The fourth-order valence-corrected chi connectivity index (χ4v) is 2.47. The molecule has 0 amide bonds. The lowest BCUT2D eigenvalue weighted by Crippen LogP contribution is -2.18. The minimum absolute atomic E-state index is 0.0851. The number of aryl methyl sites for hydroxylation is 1. The van der Waals surface area contributed by atoms with Gasteiger partial charge in [0.1, 0.15) is 17.4 Å². The third-order valence-corrected chi connectivity index (χ3v) is 3.96. The molecule has 0 N–H and O–H groups in total. The molecule has 2 aromatic carbocycles. The third-order valence-electron chi connectivity index (χ3n) is 3.96. The fraction of sp³-hybridized carbons (Fsp3) is 0.190. The minimum Gasteiger partial charge on any atom is -0.493 e. The van der Waals surface area contributed by atoms with E-state index in [-0.39, 0.29) is 22.8 Å². The van der Waals surface area contributed by atoms with E-state index in [1.54, 1.807) is 13.0 Å². The number of carbonyl (C=O) groups is 2.